The summed E-state index contributed by atoms with van der Waals surface area (Å²) in [4.78, 5) is 17.1. The molecule has 1 heterocycles. The second kappa shape index (κ2) is 8.75. The third-order valence-electron chi connectivity index (χ3n) is 4.39. The second-order valence-electron chi connectivity index (χ2n) is 6.44. The van der Waals surface area contributed by atoms with Gasteiger partial charge in [-0.1, -0.05) is 72.4 Å². The van der Waals surface area contributed by atoms with Gasteiger partial charge in [0.15, 0.2) is 17.3 Å². The first-order valence-electron chi connectivity index (χ1n) is 9.15. The van der Waals surface area contributed by atoms with Gasteiger partial charge in [-0.15, -0.1) is 10.2 Å². The molecule has 0 aliphatic heterocycles. The zero-order valence-corrected chi connectivity index (χ0v) is 16.6. The summed E-state index contributed by atoms with van der Waals surface area (Å²) in [6, 6.07) is 23.4. The number of phenolic OH excluding ortho intramolecular Hbond substituents is 2. The molecule has 1 aromatic heterocycles. The fourth-order valence-corrected chi connectivity index (χ4v) is 3.55. The van der Waals surface area contributed by atoms with E-state index < -0.39 is 0 Å². The number of aromatic hydroxyl groups is 2. The summed E-state index contributed by atoms with van der Waals surface area (Å²) >= 11 is 1.17. The van der Waals surface area contributed by atoms with Gasteiger partial charge in [0.05, 0.1) is 5.75 Å². The minimum absolute atomic E-state index is 0.0742. The maximum Gasteiger partial charge on any atom is 0.210 e. The van der Waals surface area contributed by atoms with Crippen LogP contribution in [0.25, 0.3) is 22.5 Å². The van der Waals surface area contributed by atoms with E-state index in [2.05, 4.69) is 15.2 Å². The van der Waals surface area contributed by atoms with Crippen molar-refractivity contribution in [3.63, 3.8) is 0 Å². The van der Waals surface area contributed by atoms with Crippen molar-refractivity contribution in [1.82, 2.24) is 15.2 Å². The van der Waals surface area contributed by atoms with Crippen LogP contribution >= 0.6 is 11.8 Å². The van der Waals surface area contributed by atoms with Gasteiger partial charge in [-0.25, -0.2) is 4.98 Å². The Morgan fingerprint density at radius 1 is 0.767 bits per heavy atom. The van der Waals surface area contributed by atoms with Crippen molar-refractivity contribution in [3.05, 3.63) is 84.4 Å². The minimum Gasteiger partial charge on any atom is -0.504 e. The molecule has 0 atom stereocenters. The number of aromatic nitrogens is 3. The Morgan fingerprint density at radius 3 is 2.03 bits per heavy atom. The molecule has 0 amide bonds. The number of hydrogen-bond donors (Lipinski definition) is 2. The molecule has 0 saturated heterocycles. The molecule has 3 aromatic carbocycles. The van der Waals surface area contributed by atoms with Crippen LogP contribution in [0.1, 0.15) is 10.4 Å². The molecule has 4 aromatic rings. The van der Waals surface area contributed by atoms with Crippen molar-refractivity contribution >= 4 is 17.5 Å². The molecule has 0 fully saturated rings. The van der Waals surface area contributed by atoms with E-state index in [1.54, 1.807) is 0 Å². The normalized spacial score (nSPS) is 10.7. The van der Waals surface area contributed by atoms with E-state index in [-0.39, 0.29) is 23.0 Å². The van der Waals surface area contributed by atoms with Crippen LogP contribution in [-0.2, 0) is 0 Å². The Bertz CT molecular complexity index is 1180. The van der Waals surface area contributed by atoms with Crippen LogP contribution in [0.2, 0.25) is 0 Å². The highest BCUT2D eigenvalue weighted by molar-refractivity contribution is 7.99. The molecule has 0 bridgehead atoms. The zero-order valence-electron chi connectivity index (χ0n) is 15.8. The highest BCUT2D eigenvalue weighted by Crippen LogP contribution is 2.30. The van der Waals surface area contributed by atoms with Gasteiger partial charge in [-0.2, -0.15) is 0 Å². The second-order valence-corrected chi connectivity index (χ2v) is 7.38. The number of carbonyl (C=O) groups excluding carboxylic acids is 1. The largest absolute Gasteiger partial charge is 0.504 e. The standard InChI is InChI=1S/C23H17N3O3S/c27-18-12-11-17(13-19(18)28)20(29)14-30-23-24-21(15-7-3-1-4-8-15)22(25-26-23)16-9-5-2-6-10-16/h1-13,27-28H,14H2. The van der Waals surface area contributed by atoms with Crippen molar-refractivity contribution in [1.29, 1.82) is 0 Å². The van der Waals surface area contributed by atoms with Crippen molar-refractivity contribution in [2.75, 3.05) is 5.75 Å². The Kier molecular flexibility index (Phi) is 5.72. The van der Waals surface area contributed by atoms with Gasteiger partial charge >= 0.3 is 0 Å². The van der Waals surface area contributed by atoms with E-state index in [0.29, 0.717) is 22.1 Å². The minimum atomic E-state index is -0.331. The van der Waals surface area contributed by atoms with Gasteiger partial charge in [-0.05, 0) is 18.2 Å². The number of hydrogen-bond acceptors (Lipinski definition) is 7. The topological polar surface area (TPSA) is 96.2 Å². The predicted octanol–water partition coefficient (Wildman–Crippen LogP) is 4.59. The Labute approximate surface area is 177 Å². The Hall–Kier alpha value is -3.71. The van der Waals surface area contributed by atoms with E-state index in [1.165, 1.54) is 30.0 Å². The number of ketones is 1. The maximum atomic E-state index is 12.4. The monoisotopic (exact) mass is 415 g/mol. The number of Topliss-reactive ketones (excluding diaryl/α,β-unsaturated/α-hetero) is 1. The third kappa shape index (κ3) is 4.31. The SMILES string of the molecule is O=C(CSc1nnc(-c2ccccc2)c(-c2ccccc2)n1)c1ccc(O)c(O)c1. The van der Waals surface area contributed by atoms with Crippen LogP contribution in [-0.4, -0.2) is 36.9 Å². The Balaban J connectivity index is 1.61. The molecule has 148 valence electrons. The highest BCUT2D eigenvalue weighted by atomic mass is 32.2. The summed E-state index contributed by atoms with van der Waals surface area (Å²) in [5, 5.41) is 28.0. The lowest BCUT2D eigenvalue weighted by Gasteiger charge is -2.09. The molecule has 2 N–H and O–H groups in total. The number of rotatable bonds is 6. The maximum absolute atomic E-state index is 12.4. The van der Waals surface area contributed by atoms with Crippen LogP contribution in [0, 0.1) is 0 Å². The lowest BCUT2D eigenvalue weighted by Crippen LogP contribution is -2.04. The molecular weight excluding hydrogens is 398 g/mol. The molecule has 7 heteroatoms. The number of thioether (sulfide) groups is 1. The van der Waals surface area contributed by atoms with E-state index in [4.69, 9.17) is 0 Å². The van der Waals surface area contributed by atoms with Gasteiger partial charge in [-0.3, -0.25) is 4.79 Å². The first-order valence-corrected chi connectivity index (χ1v) is 10.1. The van der Waals surface area contributed by atoms with Crippen molar-refractivity contribution in [2.24, 2.45) is 0 Å². The molecule has 0 aliphatic carbocycles. The lowest BCUT2D eigenvalue weighted by atomic mass is 10.0. The summed E-state index contributed by atoms with van der Waals surface area (Å²) < 4.78 is 0. The summed E-state index contributed by atoms with van der Waals surface area (Å²) in [5.41, 5.74) is 3.47. The van der Waals surface area contributed by atoms with Crippen LogP contribution in [0.5, 0.6) is 11.5 Å². The number of benzene rings is 3. The highest BCUT2D eigenvalue weighted by Gasteiger charge is 2.15. The van der Waals surface area contributed by atoms with Crippen molar-refractivity contribution in [2.45, 2.75) is 5.16 Å². The average Bonchev–Trinajstić information content (AvgIpc) is 2.80. The van der Waals surface area contributed by atoms with Crippen LogP contribution < -0.4 is 0 Å². The van der Waals surface area contributed by atoms with Crippen molar-refractivity contribution < 1.29 is 15.0 Å². The fourth-order valence-electron chi connectivity index (χ4n) is 2.87. The average molecular weight is 415 g/mol. The molecule has 0 aliphatic rings. The van der Waals surface area contributed by atoms with Gasteiger partial charge < -0.3 is 10.2 Å². The van der Waals surface area contributed by atoms with Gasteiger partial charge in [0.25, 0.3) is 0 Å². The van der Waals surface area contributed by atoms with Crippen LogP contribution in [0.3, 0.4) is 0 Å². The third-order valence-corrected chi connectivity index (χ3v) is 5.23. The summed E-state index contributed by atoms with van der Waals surface area (Å²) in [6.45, 7) is 0. The molecule has 0 spiro atoms. The van der Waals surface area contributed by atoms with Crippen LogP contribution in [0.15, 0.2) is 84.0 Å². The zero-order chi connectivity index (χ0) is 20.9. The first kappa shape index (κ1) is 19.6. The van der Waals surface area contributed by atoms with Gasteiger partial charge in [0, 0.05) is 16.7 Å². The quantitative estimate of drug-likeness (QED) is 0.270. The lowest BCUT2D eigenvalue weighted by molar-refractivity contribution is 0.102. The smallest absolute Gasteiger partial charge is 0.210 e. The molecule has 30 heavy (non-hydrogen) atoms. The van der Waals surface area contributed by atoms with Gasteiger partial charge in [0.2, 0.25) is 5.16 Å². The Morgan fingerprint density at radius 2 is 1.40 bits per heavy atom. The molecular formula is C23H17N3O3S. The summed E-state index contributed by atoms with van der Waals surface area (Å²) in [5.74, 6) is -0.740. The van der Waals surface area contributed by atoms with E-state index >= 15 is 0 Å². The first-order chi connectivity index (χ1) is 14.6. The van der Waals surface area contributed by atoms with Gasteiger partial charge in [0.1, 0.15) is 11.4 Å². The van der Waals surface area contributed by atoms with E-state index in [9.17, 15) is 15.0 Å². The predicted molar refractivity (Wildman–Crippen MR) is 116 cm³/mol. The van der Waals surface area contributed by atoms with E-state index in [1.807, 2.05) is 60.7 Å². The van der Waals surface area contributed by atoms with Crippen LogP contribution in [0.4, 0.5) is 0 Å². The summed E-state index contributed by atoms with van der Waals surface area (Å²) in [6.07, 6.45) is 0. The molecule has 6 nitrogen and oxygen atoms in total. The fraction of sp³-hybridized carbons (Fsp3) is 0.0435. The number of nitrogens with zero attached hydrogens (tertiary/aromatic N) is 3. The molecule has 0 radical (unpaired) electrons. The number of phenols is 2. The number of carbonyl (C=O) groups is 1. The molecule has 0 unspecified atom stereocenters. The molecule has 4 rings (SSSR count). The van der Waals surface area contributed by atoms with E-state index in [0.717, 1.165) is 11.1 Å². The summed E-state index contributed by atoms with van der Waals surface area (Å²) in [7, 11) is 0. The van der Waals surface area contributed by atoms with Crippen molar-refractivity contribution in [3.8, 4) is 34.0 Å². The molecule has 0 saturated carbocycles.